The van der Waals surface area contributed by atoms with Crippen LogP contribution in [0.3, 0.4) is 0 Å². The first kappa shape index (κ1) is 10.5. The highest BCUT2D eigenvalue weighted by molar-refractivity contribution is 5.69. The Kier molecular flexibility index (Phi) is 5.90. The van der Waals surface area contributed by atoms with Crippen LogP contribution < -0.4 is 0 Å². The third-order valence-electron chi connectivity index (χ3n) is 2.00. The first-order chi connectivity index (χ1) is 5.22. The SMILES string of the molecule is CCCCCC(CC)C(=O)O. The molecular weight excluding hydrogens is 140 g/mol. The van der Waals surface area contributed by atoms with Gasteiger partial charge in [-0.15, -0.1) is 0 Å². The average Bonchev–Trinajstić information content (AvgIpc) is 1.97. The maximum atomic E-state index is 10.5. The summed E-state index contributed by atoms with van der Waals surface area (Å²) in [5, 5.41) is 8.67. The molecule has 0 saturated carbocycles. The standard InChI is InChI=1S/C9H18O2/c1-3-5-6-7-8(4-2)9(10)11/h8H,3-7H2,1-2H3,(H,10,11). The van der Waals surface area contributed by atoms with Crippen LogP contribution >= 0.6 is 0 Å². The highest BCUT2D eigenvalue weighted by Gasteiger charge is 2.13. The summed E-state index contributed by atoms with van der Waals surface area (Å²) in [5.74, 6) is -0.745. The summed E-state index contributed by atoms with van der Waals surface area (Å²) in [6.45, 7) is 4.06. The van der Waals surface area contributed by atoms with Gasteiger partial charge >= 0.3 is 5.97 Å². The second-order valence-corrected chi connectivity index (χ2v) is 2.94. The smallest absolute Gasteiger partial charge is 0.306 e. The van der Waals surface area contributed by atoms with Crippen LogP contribution in [0.5, 0.6) is 0 Å². The molecule has 0 aliphatic carbocycles. The number of unbranched alkanes of at least 4 members (excludes halogenated alkanes) is 2. The Morgan fingerprint density at radius 3 is 2.36 bits per heavy atom. The first-order valence-electron chi connectivity index (χ1n) is 4.45. The van der Waals surface area contributed by atoms with Crippen molar-refractivity contribution >= 4 is 5.97 Å². The Labute approximate surface area is 68.6 Å². The van der Waals surface area contributed by atoms with Crippen LogP contribution in [0.1, 0.15) is 46.0 Å². The van der Waals surface area contributed by atoms with Crippen molar-refractivity contribution in [3.8, 4) is 0 Å². The predicted molar refractivity (Wildman–Crippen MR) is 45.6 cm³/mol. The summed E-state index contributed by atoms with van der Waals surface area (Å²) in [6.07, 6.45) is 4.99. The molecule has 0 aromatic heterocycles. The van der Waals surface area contributed by atoms with Gasteiger partial charge < -0.3 is 5.11 Å². The van der Waals surface area contributed by atoms with Crippen molar-refractivity contribution in [3.63, 3.8) is 0 Å². The highest BCUT2D eigenvalue weighted by Crippen LogP contribution is 2.13. The average molecular weight is 158 g/mol. The van der Waals surface area contributed by atoms with Crippen molar-refractivity contribution in [3.05, 3.63) is 0 Å². The lowest BCUT2D eigenvalue weighted by Gasteiger charge is -2.07. The van der Waals surface area contributed by atoms with Crippen LogP contribution in [0, 0.1) is 5.92 Å². The fourth-order valence-corrected chi connectivity index (χ4v) is 1.14. The number of carboxylic acids is 1. The lowest BCUT2D eigenvalue weighted by atomic mass is 9.99. The van der Waals surface area contributed by atoms with E-state index in [1.165, 1.54) is 0 Å². The third kappa shape index (κ3) is 4.82. The highest BCUT2D eigenvalue weighted by atomic mass is 16.4. The summed E-state index contributed by atoms with van der Waals surface area (Å²) in [4.78, 5) is 10.5. The normalized spacial score (nSPS) is 12.9. The molecule has 0 rings (SSSR count). The number of hydrogen-bond donors (Lipinski definition) is 1. The van der Waals surface area contributed by atoms with Crippen molar-refractivity contribution in [2.75, 3.05) is 0 Å². The van der Waals surface area contributed by atoms with Gasteiger partial charge in [0.25, 0.3) is 0 Å². The second kappa shape index (κ2) is 6.20. The molecule has 0 saturated heterocycles. The molecule has 11 heavy (non-hydrogen) atoms. The van der Waals surface area contributed by atoms with Crippen LogP contribution in [0.25, 0.3) is 0 Å². The maximum absolute atomic E-state index is 10.5. The minimum absolute atomic E-state index is 0.110. The van der Waals surface area contributed by atoms with E-state index in [4.69, 9.17) is 5.11 Å². The monoisotopic (exact) mass is 158 g/mol. The molecule has 1 atom stereocenters. The van der Waals surface area contributed by atoms with E-state index in [1.807, 2.05) is 6.92 Å². The number of aliphatic carboxylic acids is 1. The molecule has 0 heterocycles. The fraction of sp³-hybridized carbons (Fsp3) is 0.889. The van der Waals surface area contributed by atoms with Crippen molar-refractivity contribution in [1.82, 2.24) is 0 Å². The molecule has 0 radical (unpaired) electrons. The van der Waals surface area contributed by atoms with Crippen molar-refractivity contribution in [1.29, 1.82) is 0 Å². The lowest BCUT2D eigenvalue weighted by molar-refractivity contribution is -0.142. The minimum Gasteiger partial charge on any atom is -0.481 e. The Morgan fingerprint density at radius 2 is 2.00 bits per heavy atom. The lowest BCUT2D eigenvalue weighted by Crippen LogP contribution is -2.12. The molecule has 2 nitrogen and oxygen atoms in total. The van der Waals surface area contributed by atoms with E-state index in [-0.39, 0.29) is 5.92 Å². The molecule has 0 amide bonds. The van der Waals surface area contributed by atoms with Crippen LogP contribution in [0.2, 0.25) is 0 Å². The Hall–Kier alpha value is -0.530. The van der Waals surface area contributed by atoms with Gasteiger partial charge in [0.1, 0.15) is 0 Å². The number of carbonyl (C=O) groups is 1. The zero-order valence-electron chi connectivity index (χ0n) is 7.47. The molecule has 0 aromatic rings. The largest absolute Gasteiger partial charge is 0.481 e. The zero-order chi connectivity index (χ0) is 8.69. The second-order valence-electron chi connectivity index (χ2n) is 2.94. The summed E-state index contributed by atoms with van der Waals surface area (Å²) in [5.41, 5.74) is 0. The van der Waals surface area contributed by atoms with E-state index >= 15 is 0 Å². The quantitative estimate of drug-likeness (QED) is 0.603. The molecule has 0 aromatic carbocycles. The molecule has 0 spiro atoms. The molecular formula is C9H18O2. The summed E-state index contributed by atoms with van der Waals surface area (Å²) < 4.78 is 0. The molecule has 2 heteroatoms. The molecule has 1 unspecified atom stereocenters. The molecule has 0 aliphatic heterocycles. The van der Waals surface area contributed by atoms with E-state index in [2.05, 4.69) is 6.92 Å². The van der Waals surface area contributed by atoms with Crippen molar-refractivity contribution in [2.45, 2.75) is 46.0 Å². The van der Waals surface area contributed by atoms with E-state index in [0.29, 0.717) is 0 Å². The van der Waals surface area contributed by atoms with E-state index < -0.39 is 5.97 Å². The van der Waals surface area contributed by atoms with Gasteiger partial charge in [-0.1, -0.05) is 33.1 Å². The summed E-state index contributed by atoms with van der Waals surface area (Å²) in [6, 6.07) is 0. The Morgan fingerprint density at radius 1 is 1.36 bits per heavy atom. The Bertz CT molecular complexity index is 110. The first-order valence-corrected chi connectivity index (χ1v) is 4.45. The number of carboxylic acid groups (broad SMARTS) is 1. The van der Waals surface area contributed by atoms with Crippen LogP contribution in [-0.2, 0) is 4.79 Å². The fourth-order valence-electron chi connectivity index (χ4n) is 1.14. The Balaban J connectivity index is 3.44. The van der Waals surface area contributed by atoms with E-state index in [9.17, 15) is 4.79 Å². The van der Waals surface area contributed by atoms with Crippen molar-refractivity contribution < 1.29 is 9.90 Å². The van der Waals surface area contributed by atoms with E-state index in [1.54, 1.807) is 0 Å². The van der Waals surface area contributed by atoms with Gasteiger partial charge in [-0.3, -0.25) is 4.79 Å². The van der Waals surface area contributed by atoms with Crippen LogP contribution in [-0.4, -0.2) is 11.1 Å². The van der Waals surface area contributed by atoms with Crippen molar-refractivity contribution in [2.24, 2.45) is 5.92 Å². The van der Waals surface area contributed by atoms with Gasteiger partial charge in [0, 0.05) is 0 Å². The topological polar surface area (TPSA) is 37.3 Å². The minimum atomic E-state index is -0.636. The van der Waals surface area contributed by atoms with Gasteiger partial charge in [0.2, 0.25) is 0 Å². The van der Waals surface area contributed by atoms with Gasteiger partial charge in [0.05, 0.1) is 5.92 Å². The summed E-state index contributed by atoms with van der Waals surface area (Å²) in [7, 11) is 0. The predicted octanol–water partition coefficient (Wildman–Crippen LogP) is 2.68. The molecule has 1 N–H and O–H groups in total. The number of hydrogen-bond acceptors (Lipinski definition) is 1. The maximum Gasteiger partial charge on any atom is 0.306 e. The van der Waals surface area contributed by atoms with Gasteiger partial charge in [-0.05, 0) is 12.8 Å². The molecule has 0 fully saturated rings. The van der Waals surface area contributed by atoms with Gasteiger partial charge in [-0.25, -0.2) is 0 Å². The third-order valence-corrected chi connectivity index (χ3v) is 2.00. The number of rotatable bonds is 6. The van der Waals surface area contributed by atoms with E-state index in [0.717, 1.165) is 32.1 Å². The molecule has 0 aliphatic rings. The van der Waals surface area contributed by atoms with Crippen LogP contribution in [0.4, 0.5) is 0 Å². The molecule has 0 bridgehead atoms. The van der Waals surface area contributed by atoms with Gasteiger partial charge in [-0.2, -0.15) is 0 Å². The molecule has 66 valence electrons. The van der Waals surface area contributed by atoms with Crippen LogP contribution in [0.15, 0.2) is 0 Å². The summed E-state index contributed by atoms with van der Waals surface area (Å²) >= 11 is 0. The van der Waals surface area contributed by atoms with Gasteiger partial charge in [0.15, 0.2) is 0 Å². The zero-order valence-corrected chi connectivity index (χ0v) is 7.47.